The highest BCUT2D eigenvalue weighted by Gasteiger charge is 2.24. The van der Waals surface area contributed by atoms with Gasteiger partial charge >= 0.3 is 0 Å². The van der Waals surface area contributed by atoms with Crippen LogP contribution in [-0.2, 0) is 4.79 Å². The zero-order valence-electron chi connectivity index (χ0n) is 9.47. The van der Waals surface area contributed by atoms with Gasteiger partial charge < -0.3 is 4.79 Å². The molecule has 78 valence electrons. The molecule has 0 fully saturated rings. The quantitative estimate of drug-likeness (QED) is 0.625. The van der Waals surface area contributed by atoms with Crippen LogP contribution in [-0.4, -0.2) is 5.78 Å². The van der Waals surface area contributed by atoms with Crippen molar-refractivity contribution in [3.63, 3.8) is 0 Å². The number of ketones is 1. The van der Waals surface area contributed by atoms with E-state index in [1.54, 1.807) is 6.92 Å². The molecule has 0 saturated carbocycles. The lowest BCUT2D eigenvalue weighted by Crippen LogP contribution is -2.20. The number of hydrogen-bond acceptors (Lipinski definition) is 1. The van der Waals surface area contributed by atoms with Gasteiger partial charge in [0.15, 0.2) is 0 Å². The molecular formula is C13H20O. The van der Waals surface area contributed by atoms with Crippen LogP contribution in [0.25, 0.3) is 0 Å². The van der Waals surface area contributed by atoms with E-state index < -0.39 is 0 Å². The second kappa shape index (κ2) is 4.59. The minimum absolute atomic E-state index is 0.284. The van der Waals surface area contributed by atoms with Crippen molar-refractivity contribution in [3.05, 3.63) is 23.8 Å². The molecule has 1 rings (SSSR count). The first-order valence-electron chi connectivity index (χ1n) is 5.33. The van der Waals surface area contributed by atoms with Gasteiger partial charge in [0.25, 0.3) is 0 Å². The Hall–Kier alpha value is -0.850. The molecule has 0 bridgehead atoms. The highest BCUT2D eigenvalue weighted by molar-refractivity contribution is 5.76. The van der Waals surface area contributed by atoms with Crippen LogP contribution in [0.3, 0.4) is 0 Å². The molecule has 0 aromatic heterocycles. The second-order valence-corrected chi connectivity index (χ2v) is 4.57. The van der Waals surface area contributed by atoms with Crippen LogP contribution >= 0.6 is 0 Å². The van der Waals surface area contributed by atoms with Gasteiger partial charge in [0, 0.05) is 6.42 Å². The van der Waals surface area contributed by atoms with Crippen molar-refractivity contribution in [1.82, 2.24) is 0 Å². The normalized spacial score (nSPS) is 26.9. The summed E-state index contributed by atoms with van der Waals surface area (Å²) in [5.74, 6) is 1.20. The van der Waals surface area contributed by atoms with E-state index in [2.05, 4.69) is 26.5 Å². The van der Waals surface area contributed by atoms with Crippen LogP contribution in [0.2, 0.25) is 0 Å². The van der Waals surface area contributed by atoms with Crippen molar-refractivity contribution in [3.8, 4) is 0 Å². The van der Waals surface area contributed by atoms with E-state index in [1.807, 2.05) is 0 Å². The Kier molecular flexibility index (Phi) is 3.68. The van der Waals surface area contributed by atoms with Gasteiger partial charge in [-0.1, -0.05) is 23.8 Å². The standard InChI is InChI=1S/C13H20O/c1-9(2)13-6-5-10(3)7-12(13)8-11(4)14/h7,12-13H,1,5-6,8H2,2-4H3. The van der Waals surface area contributed by atoms with Gasteiger partial charge in [-0.3, -0.25) is 0 Å². The predicted octanol–water partition coefficient (Wildman–Crippen LogP) is 3.51. The zero-order valence-corrected chi connectivity index (χ0v) is 9.47. The first-order chi connectivity index (χ1) is 6.50. The van der Waals surface area contributed by atoms with E-state index >= 15 is 0 Å². The van der Waals surface area contributed by atoms with Gasteiger partial charge in [-0.25, -0.2) is 0 Å². The molecule has 1 aliphatic carbocycles. The third-order valence-electron chi connectivity index (χ3n) is 3.02. The molecule has 0 aliphatic heterocycles. The topological polar surface area (TPSA) is 17.1 Å². The molecule has 14 heavy (non-hydrogen) atoms. The summed E-state index contributed by atoms with van der Waals surface area (Å²) >= 11 is 0. The molecule has 0 saturated heterocycles. The molecule has 0 radical (unpaired) electrons. The van der Waals surface area contributed by atoms with Crippen LogP contribution in [0.4, 0.5) is 0 Å². The molecule has 1 heteroatoms. The SMILES string of the molecule is C=C(C)C1CCC(C)=CC1CC(C)=O. The maximum absolute atomic E-state index is 11.1. The van der Waals surface area contributed by atoms with Gasteiger partial charge in [-0.2, -0.15) is 0 Å². The highest BCUT2D eigenvalue weighted by atomic mass is 16.1. The second-order valence-electron chi connectivity index (χ2n) is 4.57. The van der Waals surface area contributed by atoms with E-state index in [-0.39, 0.29) is 5.78 Å². The molecule has 0 aromatic rings. The minimum Gasteiger partial charge on any atom is -0.300 e. The summed E-state index contributed by atoms with van der Waals surface area (Å²) in [5.41, 5.74) is 2.65. The van der Waals surface area contributed by atoms with Crippen LogP contribution in [0, 0.1) is 11.8 Å². The number of Topliss-reactive ketones (excluding diaryl/α,β-unsaturated/α-hetero) is 1. The van der Waals surface area contributed by atoms with Crippen LogP contribution in [0.5, 0.6) is 0 Å². The lowest BCUT2D eigenvalue weighted by atomic mass is 9.75. The molecule has 0 spiro atoms. The van der Waals surface area contributed by atoms with E-state index in [4.69, 9.17) is 0 Å². The van der Waals surface area contributed by atoms with Crippen LogP contribution in [0.15, 0.2) is 23.8 Å². The monoisotopic (exact) mass is 192 g/mol. The summed E-state index contributed by atoms with van der Waals surface area (Å²) in [4.78, 5) is 11.1. The largest absolute Gasteiger partial charge is 0.300 e. The van der Waals surface area contributed by atoms with Crippen molar-refractivity contribution in [2.24, 2.45) is 11.8 Å². The van der Waals surface area contributed by atoms with E-state index in [0.29, 0.717) is 18.3 Å². The molecular weight excluding hydrogens is 172 g/mol. The van der Waals surface area contributed by atoms with Gasteiger partial charge in [-0.05, 0) is 45.4 Å². The third-order valence-corrected chi connectivity index (χ3v) is 3.02. The summed E-state index contributed by atoms with van der Waals surface area (Å²) in [6, 6.07) is 0. The lowest BCUT2D eigenvalue weighted by Gasteiger charge is -2.29. The minimum atomic E-state index is 0.284. The maximum Gasteiger partial charge on any atom is 0.130 e. The predicted molar refractivity (Wildman–Crippen MR) is 60.1 cm³/mol. The average molecular weight is 192 g/mol. The Balaban J connectivity index is 2.77. The summed E-state index contributed by atoms with van der Waals surface area (Å²) in [5, 5.41) is 0. The van der Waals surface area contributed by atoms with Crippen molar-refractivity contribution in [2.45, 2.75) is 40.0 Å². The third kappa shape index (κ3) is 2.83. The zero-order chi connectivity index (χ0) is 10.7. The average Bonchev–Trinajstić information content (AvgIpc) is 2.01. The summed E-state index contributed by atoms with van der Waals surface area (Å²) < 4.78 is 0. The molecule has 0 heterocycles. The Bertz CT molecular complexity index is 273. The summed E-state index contributed by atoms with van der Waals surface area (Å²) in [7, 11) is 0. The van der Waals surface area contributed by atoms with E-state index in [9.17, 15) is 4.79 Å². The maximum atomic E-state index is 11.1. The number of carbonyl (C=O) groups is 1. The fraction of sp³-hybridized carbons (Fsp3) is 0.615. The molecule has 0 aromatic carbocycles. The summed E-state index contributed by atoms with van der Waals surface area (Å²) in [6.07, 6.45) is 5.26. The highest BCUT2D eigenvalue weighted by Crippen LogP contribution is 2.34. The number of rotatable bonds is 3. The Morgan fingerprint density at radius 1 is 1.57 bits per heavy atom. The van der Waals surface area contributed by atoms with Gasteiger partial charge in [0.2, 0.25) is 0 Å². The molecule has 1 aliphatic rings. The molecule has 0 N–H and O–H groups in total. The van der Waals surface area contributed by atoms with Crippen LogP contribution in [0.1, 0.15) is 40.0 Å². The van der Waals surface area contributed by atoms with Gasteiger partial charge in [0.1, 0.15) is 5.78 Å². The van der Waals surface area contributed by atoms with Crippen molar-refractivity contribution < 1.29 is 4.79 Å². The number of allylic oxidation sites excluding steroid dienone is 3. The Morgan fingerprint density at radius 2 is 2.21 bits per heavy atom. The van der Waals surface area contributed by atoms with Gasteiger partial charge in [-0.15, -0.1) is 0 Å². The first kappa shape index (κ1) is 11.2. The molecule has 1 nitrogen and oxygen atoms in total. The fourth-order valence-corrected chi connectivity index (χ4v) is 2.31. The van der Waals surface area contributed by atoms with Crippen molar-refractivity contribution >= 4 is 5.78 Å². The first-order valence-corrected chi connectivity index (χ1v) is 5.33. The lowest BCUT2D eigenvalue weighted by molar-refractivity contribution is -0.117. The van der Waals surface area contributed by atoms with Gasteiger partial charge in [0.05, 0.1) is 0 Å². The molecule has 2 unspecified atom stereocenters. The number of carbonyl (C=O) groups excluding carboxylic acids is 1. The Labute approximate surface area is 86.9 Å². The molecule has 0 amide bonds. The summed E-state index contributed by atoms with van der Waals surface area (Å²) in [6.45, 7) is 9.92. The van der Waals surface area contributed by atoms with Crippen LogP contribution < -0.4 is 0 Å². The van der Waals surface area contributed by atoms with Crippen molar-refractivity contribution in [2.75, 3.05) is 0 Å². The Morgan fingerprint density at radius 3 is 2.71 bits per heavy atom. The van der Waals surface area contributed by atoms with E-state index in [1.165, 1.54) is 11.1 Å². The number of hydrogen-bond donors (Lipinski definition) is 0. The smallest absolute Gasteiger partial charge is 0.130 e. The fourth-order valence-electron chi connectivity index (χ4n) is 2.31. The van der Waals surface area contributed by atoms with Crippen molar-refractivity contribution in [1.29, 1.82) is 0 Å². The van der Waals surface area contributed by atoms with E-state index in [0.717, 1.165) is 12.8 Å². The molecule has 2 atom stereocenters.